The number of anilines is 1. The van der Waals surface area contributed by atoms with E-state index in [0.29, 0.717) is 37.8 Å². The van der Waals surface area contributed by atoms with E-state index < -0.39 is 12.0 Å². The van der Waals surface area contributed by atoms with Crippen molar-refractivity contribution < 1.29 is 23.8 Å². The zero-order chi connectivity index (χ0) is 30.5. The fourth-order valence-electron chi connectivity index (χ4n) is 4.81. The number of fused-ring (bicyclic) bond motifs is 1. The molecular formula is C33H31N3O6S. The number of ether oxygens (including phenoxy) is 3. The van der Waals surface area contributed by atoms with Crippen LogP contribution >= 0.6 is 11.3 Å². The molecule has 0 fully saturated rings. The number of amides is 1. The quantitative estimate of drug-likeness (QED) is 0.291. The minimum absolute atomic E-state index is 0.185. The van der Waals surface area contributed by atoms with Crippen LogP contribution in [0, 0.1) is 6.92 Å². The molecule has 9 nitrogen and oxygen atoms in total. The summed E-state index contributed by atoms with van der Waals surface area (Å²) in [6.07, 6.45) is 1.77. The van der Waals surface area contributed by atoms with E-state index in [1.165, 1.54) is 11.3 Å². The van der Waals surface area contributed by atoms with E-state index in [9.17, 15) is 14.4 Å². The summed E-state index contributed by atoms with van der Waals surface area (Å²) in [6, 6.07) is 21.2. The average Bonchev–Trinajstić information content (AvgIpc) is 3.30. The predicted molar refractivity (Wildman–Crippen MR) is 165 cm³/mol. The number of para-hydroxylation sites is 1. The van der Waals surface area contributed by atoms with Gasteiger partial charge in [0.2, 0.25) is 0 Å². The van der Waals surface area contributed by atoms with Crippen LogP contribution in [0.15, 0.2) is 93.9 Å². The highest BCUT2D eigenvalue weighted by Gasteiger charge is 2.33. The van der Waals surface area contributed by atoms with Crippen LogP contribution in [-0.2, 0) is 14.3 Å². The summed E-state index contributed by atoms with van der Waals surface area (Å²) in [4.78, 5) is 44.5. The number of nitrogens with one attached hydrogen (secondary N) is 1. The van der Waals surface area contributed by atoms with Crippen molar-refractivity contribution in [1.82, 2.24) is 4.57 Å². The lowest BCUT2D eigenvalue weighted by Crippen LogP contribution is -2.40. The number of carbonyl (C=O) groups excluding carboxylic acids is 2. The minimum atomic E-state index is -0.727. The van der Waals surface area contributed by atoms with Gasteiger partial charge in [-0.3, -0.25) is 14.2 Å². The first-order valence-electron chi connectivity index (χ1n) is 13.7. The van der Waals surface area contributed by atoms with Gasteiger partial charge in [-0.25, -0.2) is 9.79 Å². The first kappa shape index (κ1) is 29.5. The van der Waals surface area contributed by atoms with Crippen molar-refractivity contribution >= 4 is 35.0 Å². The van der Waals surface area contributed by atoms with Crippen molar-refractivity contribution in [3.63, 3.8) is 0 Å². The fraction of sp³-hybridized carbons (Fsp3) is 0.212. The van der Waals surface area contributed by atoms with E-state index >= 15 is 0 Å². The summed E-state index contributed by atoms with van der Waals surface area (Å²) in [7, 11) is 1.59. The van der Waals surface area contributed by atoms with Crippen molar-refractivity contribution in [2.45, 2.75) is 26.8 Å². The molecule has 0 unspecified atom stereocenters. The Labute approximate surface area is 252 Å². The maximum absolute atomic E-state index is 14.0. The van der Waals surface area contributed by atoms with Gasteiger partial charge in [-0.05, 0) is 73.9 Å². The Morgan fingerprint density at radius 1 is 1.05 bits per heavy atom. The van der Waals surface area contributed by atoms with E-state index in [2.05, 4.69) is 5.32 Å². The third-order valence-electron chi connectivity index (χ3n) is 6.89. The van der Waals surface area contributed by atoms with E-state index in [4.69, 9.17) is 19.2 Å². The van der Waals surface area contributed by atoms with E-state index in [-0.39, 0.29) is 24.7 Å². The molecular weight excluding hydrogens is 566 g/mol. The molecule has 1 atom stereocenters. The number of esters is 1. The number of aromatic nitrogens is 1. The maximum atomic E-state index is 14.0. The molecule has 10 heteroatoms. The molecule has 0 aliphatic carbocycles. The topological polar surface area (TPSA) is 108 Å². The van der Waals surface area contributed by atoms with Gasteiger partial charge < -0.3 is 19.5 Å². The van der Waals surface area contributed by atoms with Crippen molar-refractivity contribution in [3.8, 4) is 11.5 Å². The standard InChI is InChI=1S/C33H31N3O6S/c1-5-41-28(37)19-42-25-15-12-22(13-16-25)17-27-32(39)36-30(23-14-11-20(2)26(18-23)40-4)29(21(3)34-33(36)43-27)31(38)35-24-9-7-6-8-10-24/h6-18,30H,5,19H2,1-4H3,(H,35,38)/b27-17-/t30-/m1/s1. The molecule has 1 aliphatic heterocycles. The van der Waals surface area contributed by atoms with Crippen molar-refractivity contribution in [1.29, 1.82) is 0 Å². The highest BCUT2D eigenvalue weighted by Crippen LogP contribution is 2.33. The number of aryl methyl sites for hydroxylation is 1. The Morgan fingerprint density at radius 2 is 1.79 bits per heavy atom. The van der Waals surface area contributed by atoms with Gasteiger partial charge in [-0.1, -0.05) is 53.8 Å². The second-order valence-electron chi connectivity index (χ2n) is 9.79. The summed E-state index contributed by atoms with van der Waals surface area (Å²) in [5.41, 5.74) is 3.69. The molecule has 3 aromatic carbocycles. The van der Waals surface area contributed by atoms with Crippen molar-refractivity contribution in [2.75, 3.05) is 25.6 Å². The Bertz CT molecular complexity index is 1870. The molecule has 1 aromatic heterocycles. The van der Waals surface area contributed by atoms with Crippen LogP contribution in [0.3, 0.4) is 0 Å². The van der Waals surface area contributed by atoms with Crippen LogP contribution in [0.25, 0.3) is 6.08 Å². The first-order valence-corrected chi connectivity index (χ1v) is 14.5. The largest absolute Gasteiger partial charge is 0.496 e. The summed E-state index contributed by atoms with van der Waals surface area (Å²) < 4.78 is 18.0. The van der Waals surface area contributed by atoms with Crippen molar-refractivity contribution in [3.05, 3.63) is 120 Å². The number of methoxy groups -OCH3 is 1. The third kappa shape index (κ3) is 6.44. The van der Waals surface area contributed by atoms with Crippen LogP contribution in [-0.4, -0.2) is 36.8 Å². The molecule has 0 bridgehead atoms. The number of carbonyl (C=O) groups is 2. The predicted octanol–water partition coefficient (Wildman–Crippen LogP) is 4.13. The normalized spacial score (nSPS) is 14.5. The second kappa shape index (κ2) is 12.9. The molecule has 4 aromatic rings. The SMILES string of the molecule is CCOC(=O)COc1ccc(/C=c2\sc3n(c2=O)[C@H](c2ccc(C)c(OC)c2)C(C(=O)Nc2ccccc2)=C(C)N=3)cc1. The number of benzene rings is 3. The number of hydrogen-bond donors (Lipinski definition) is 1. The molecule has 43 heavy (non-hydrogen) atoms. The lowest BCUT2D eigenvalue weighted by molar-refractivity contribution is -0.145. The van der Waals surface area contributed by atoms with Gasteiger partial charge in [-0.2, -0.15) is 0 Å². The van der Waals surface area contributed by atoms with Crippen LogP contribution in [0.4, 0.5) is 5.69 Å². The lowest BCUT2D eigenvalue weighted by Gasteiger charge is -2.26. The molecule has 2 heterocycles. The van der Waals surface area contributed by atoms with E-state index in [1.807, 2.05) is 43.3 Å². The summed E-state index contributed by atoms with van der Waals surface area (Å²) >= 11 is 1.25. The van der Waals surface area contributed by atoms with Gasteiger partial charge in [0, 0.05) is 5.69 Å². The monoisotopic (exact) mass is 597 g/mol. The zero-order valence-corrected chi connectivity index (χ0v) is 25.1. The molecule has 0 radical (unpaired) electrons. The zero-order valence-electron chi connectivity index (χ0n) is 24.2. The minimum Gasteiger partial charge on any atom is -0.496 e. The number of hydrogen-bond acceptors (Lipinski definition) is 8. The van der Waals surface area contributed by atoms with Gasteiger partial charge in [-0.15, -0.1) is 0 Å². The van der Waals surface area contributed by atoms with E-state index in [1.54, 1.807) is 68.0 Å². The molecule has 0 saturated carbocycles. The van der Waals surface area contributed by atoms with Crippen LogP contribution in [0.2, 0.25) is 0 Å². The Balaban J connectivity index is 1.55. The summed E-state index contributed by atoms with van der Waals surface area (Å²) in [5, 5.41) is 2.96. The van der Waals surface area contributed by atoms with Crippen LogP contribution in [0.1, 0.15) is 36.6 Å². The highest BCUT2D eigenvalue weighted by molar-refractivity contribution is 7.07. The van der Waals surface area contributed by atoms with Crippen LogP contribution in [0.5, 0.6) is 11.5 Å². The molecule has 1 amide bonds. The van der Waals surface area contributed by atoms with Crippen molar-refractivity contribution in [2.24, 2.45) is 4.99 Å². The van der Waals surface area contributed by atoms with Gasteiger partial charge in [0.25, 0.3) is 11.5 Å². The molecule has 1 N–H and O–H groups in total. The number of allylic oxidation sites excluding steroid dienone is 1. The highest BCUT2D eigenvalue weighted by atomic mass is 32.1. The molecule has 0 spiro atoms. The number of nitrogens with zero attached hydrogens (tertiary/aromatic N) is 2. The van der Waals surface area contributed by atoms with Gasteiger partial charge in [0.1, 0.15) is 11.5 Å². The molecule has 5 rings (SSSR count). The average molecular weight is 598 g/mol. The summed E-state index contributed by atoms with van der Waals surface area (Å²) in [5.74, 6) is 0.372. The number of thiazole rings is 1. The second-order valence-corrected chi connectivity index (χ2v) is 10.8. The fourth-order valence-corrected chi connectivity index (χ4v) is 5.86. The Hall–Kier alpha value is -4.96. The van der Waals surface area contributed by atoms with Crippen LogP contribution < -0.4 is 29.7 Å². The van der Waals surface area contributed by atoms with Gasteiger partial charge in [0.05, 0.1) is 35.6 Å². The first-order chi connectivity index (χ1) is 20.8. The Morgan fingerprint density at radius 3 is 2.49 bits per heavy atom. The summed E-state index contributed by atoms with van der Waals surface area (Å²) in [6.45, 7) is 5.55. The van der Waals surface area contributed by atoms with E-state index in [0.717, 1.165) is 16.7 Å². The third-order valence-corrected chi connectivity index (χ3v) is 7.87. The van der Waals surface area contributed by atoms with Gasteiger partial charge in [0.15, 0.2) is 11.4 Å². The molecule has 1 aliphatic rings. The van der Waals surface area contributed by atoms with Gasteiger partial charge >= 0.3 is 5.97 Å². The lowest BCUT2D eigenvalue weighted by atomic mass is 9.94. The molecule has 220 valence electrons. The smallest absolute Gasteiger partial charge is 0.344 e. The number of rotatable bonds is 9. The Kier molecular flexibility index (Phi) is 8.87. The maximum Gasteiger partial charge on any atom is 0.344 e. The molecule has 0 saturated heterocycles.